The molecule has 5 rings (SSSR count). The molecule has 1 aliphatic carbocycles. The summed E-state index contributed by atoms with van der Waals surface area (Å²) in [4.78, 5) is 25.6. The summed E-state index contributed by atoms with van der Waals surface area (Å²) in [7, 11) is 0. The van der Waals surface area contributed by atoms with Crippen LogP contribution in [-0.4, -0.2) is 46.9 Å². The van der Waals surface area contributed by atoms with E-state index in [4.69, 9.17) is 9.26 Å². The molecule has 1 fully saturated rings. The molecule has 1 aromatic heterocycles. The quantitative estimate of drug-likeness (QED) is 0.703. The number of amides is 1. The van der Waals surface area contributed by atoms with Gasteiger partial charge in [-0.3, -0.25) is 0 Å². The van der Waals surface area contributed by atoms with E-state index in [1.165, 1.54) is 22.3 Å². The monoisotopic (exact) mass is 404 g/mol. The predicted octanol–water partition coefficient (Wildman–Crippen LogP) is 4.11. The van der Waals surface area contributed by atoms with Gasteiger partial charge in [-0.05, 0) is 28.7 Å². The van der Waals surface area contributed by atoms with E-state index < -0.39 is 5.97 Å². The molecule has 0 radical (unpaired) electrons. The lowest BCUT2D eigenvalue weighted by Gasteiger charge is -2.19. The van der Waals surface area contributed by atoms with E-state index in [2.05, 4.69) is 29.4 Å². The fourth-order valence-electron chi connectivity index (χ4n) is 4.53. The van der Waals surface area contributed by atoms with Gasteiger partial charge in [-0.25, -0.2) is 9.59 Å². The third-order valence-electron chi connectivity index (χ3n) is 6.00. The van der Waals surface area contributed by atoms with Gasteiger partial charge in [0.05, 0.1) is 0 Å². The third kappa shape index (κ3) is 3.03. The van der Waals surface area contributed by atoms with Gasteiger partial charge in [0.2, 0.25) is 0 Å². The zero-order chi connectivity index (χ0) is 20.7. The number of carboxylic acids is 1. The molecule has 2 aromatic carbocycles. The molecule has 2 aliphatic rings. The fraction of sp³-hybridized carbons (Fsp3) is 0.261. The third-order valence-corrected chi connectivity index (χ3v) is 6.00. The van der Waals surface area contributed by atoms with E-state index in [0.29, 0.717) is 25.2 Å². The number of nitrogens with zero attached hydrogens (tertiary/aromatic N) is 2. The average molecular weight is 404 g/mol. The second-order valence-electron chi connectivity index (χ2n) is 7.65. The molecule has 0 spiro atoms. The Morgan fingerprint density at radius 3 is 2.43 bits per heavy atom. The van der Waals surface area contributed by atoms with Gasteiger partial charge in [0.15, 0.2) is 0 Å². The molecule has 7 heteroatoms. The van der Waals surface area contributed by atoms with Crippen LogP contribution in [0.1, 0.15) is 45.4 Å². The highest BCUT2D eigenvalue weighted by atomic mass is 16.6. The van der Waals surface area contributed by atoms with Crippen LogP contribution in [0.2, 0.25) is 0 Å². The van der Waals surface area contributed by atoms with Crippen molar-refractivity contribution in [3.63, 3.8) is 0 Å². The smallest absolute Gasteiger partial charge is 0.409 e. The lowest BCUT2D eigenvalue weighted by Crippen LogP contribution is -2.30. The van der Waals surface area contributed by atoms with Gasteiger partial charge in [-0.15, -0.1) is 0 Å². The molecule has 1 aliphatic heterocycles. The first-order chi connectivity index (χ1) is 14.6. The number of carbonyl (C=O) groups excluding carboxylic acids is 1. The number of likely N-dealkylation sites (tertiary alicyclic amines) is 1. The minimum Gasteiger partial charge on any atom is -0.478 e. The number of rotatable bonds is 4. The molecule has 1 saturated heterocycles. The Morgan fingerprint density at radius 2 is 1.77 bits per heavy atom. The van der Waals surface area contributed by atoms with Gasteiger partial charge in [-0.1, -0.05) is 53.7 Å². The molecule has 0 bridgehead atoms. The van der Waals surface area contributed by atoms with Crippen molar-refractivity contribution in [3.05, 3.63) is 77.2 Å². The van der Waals surface area contributed by atoms with Crippen LogP contribution in [0.3, 0.4) is 0 Å². The number of carboxylic acid groups (broad SMARTS) is 1. The van der Waals surface area contributed by atoms with E-state index in [9.17, 15) is 14.7 Å². The van der Waals surface area contributed by atoms with Crippen molar-refractivity contribution in [1.82, 2.24) is 10.1 Å². The van der Waals surface area contributed by atoms with Gasteiger partial charge in [0, 0.05) is 24.9 Å². The zero-order valence-corrected chi connectivity index (χ0v) is 16.2. The number of hydrogen-bond donors (Lipinski definition) is 1. The minimum atomic E-state index is -1.08. The van der Waals surface area contributed by atoms with Crippen molar-refractivity contribution in [1.29, 1.82) is 0 Å². The first kappa shape index (κ1) is 18.4. The molecule has 3 aromatic rings. The zero-order valence-electron chi connectivity index (χ0n) is 16.2. The molecule has 1 amide bonds. The number of hydrogen-bond acceptors (Lipinski definition) is 5. The van der Waals surface area contributed by atoms with Gasteiger partial charge in [0.1, 0.15) is 24.1 Å². The van der Waals surface area contributed by atoms with Gasteiger partial charge >= 0.3 is 12.1 Å². The van der Waals surface area contributed by atoms with Crippen LogP contribution in [0.4, 0.5) is 4.79 Å². The lowest BCUT2D eigenvalue weighted by molar-refractivity contribution is 0.0694. The second kappa shape index (κ2) is 7.33. The maximum Gasteiger partial charge on any atom is 0.409 e. The normalized spacial score (nSPS) is 17.6. The average Bonchev–Trinajstić information content (AvgIpc) is 3.49. The van der Waals surface area contributed by atoms with Crippen LogP contribution in [0.5, 0.6) is 0 Å². The van der Waals surface area contributed by atoms with Crippen LogP contribution in [0.15, 0.2) is 59.3 Å². The lowest BCUT2D eigenvalue weighted by atomic mass is 9.98. The summed E-state index contributed by atoms with van der Waals surface area (Å²) in [5.41, 5.74) is 5.13. The Balaban J connectivity index is 1.27. The summed E-state index contributed by atoms with van der Waals surface area (Å²) in [5.74, 6) is -1.24. The molecule has 2 heterocycles. The van der Waals surface area contributed by atoms with Gasteiger partial charge < -0.3 is 19.3 Å². The number of fused-ring (bicyclic) bond motifs is 3. The van der Waals surface area contributed by atoms with E-state index in [1.54, 1.807) is 4.90 Å². The molecule has 1 atom stereocenters. The first-order valence-corrected chi connectivity index (χ1v) is 9.91. The summed E-state index contributed by atoms with van der Waals surface area (Å²) < 4.78 is 10.5. The summed E-state index contributed by atoms with van der Waals surface area (Å²) in [6.07, 6.45) is 1.37. The highest BCUT2D eigenvalue weighted by molar-refractivity contribution is 5.88. The Hall–Kier alpha value is -3.61. The summed E-state index contributed by atoms with van der Waals surface area (Å²) >= 11 is 0. The van der Waals surface area contributed by atoms with Crippen LogP contribution in [0.25, 0.3) is 11.1 Å². The number of aromatic nitrogens is 1. The van der Waals surface area contributed by atoms with E-state index >= 15 is 0 Å². The van der Waals surface area contributed by atoms with E-state index in [1.807, 2.05) is 24.3 Å². The maximum absolute atomic E-state index is 12.7. The van der Waals surface area contributed by atoms with Crippen LogP contribution < -0.4 is 0 Å². The highest BCUT2D eigenvalue weighted by Gasteiger charge is 2.34. The standard InChI is InChI=1S/C23H20N2O5/c26-22(27)20-13-30-24-21(20)14-9-10-25(11-14)23(28)29-12-19-17-7-3-1-5-15(17)16-6-2-4-8-18(16)19/h1-8,13-14,19H,9-12H2,(H,26,27). The number of benzene rings is 2. The Morgan fingerprint density at radius 1 is 1.10 bits per heavy atom. The number of aromatic carboxylic acids is 1. The SMILES string of the molecule is O=C(O)c1conc1C1CCN(C(=O)OCC2c3ccccc3-c3ccccc32)C1. The Bertz CT molecular complexity index is 1080. The molecular weight excluding hydrogens is 384 g/mol. The molecule has 1 N–H and O–H groups in total. The summed E-state index contributed by atoms with van der Waals surface area (Å²) in [6, 6.07) is 16.4. The topological polar surface area (TPSA) is 92.9 Å². The van der Waals surface area contributed by atoms with Crippen molar-refractivity contribution < 1.29 is 24.0 Å². The van der Waals surface area contributed by atoms with E-state index in [-0.39, 0.29) is 30.1 Å². The molecule has 1 unspecified atom stereocenters. The fourth-order valence-corrected chi connectivity index (χ4v) is 4.53. The van der Waals surface area contributed by atoms with Crippen molar-refractivity contribution in [3.8, 4) is 11.1 Å². The molecule has 152 valence electrons. The predicted molar refractivity (Wildman–Crippen MR) is 107 cm³/mol. The van der Waals surface area contributed by atoms with Crippen molar-refractivity contribution in [2.24, 2.45) is 0 Å². The van der Waals surface area contributed by atoms with Crippen LogP contribution >= 0.6 is 0 Å². The largest absolute Gasteiger partial charge is 0.478 e. The van der Waals surface area contributed by atoms with Crippen LogP contribution in [0, 0.1) is 0 Å². The van der Waals surface area contributed by atoms with Gasteiger partial charge in [0.25, 0.3) is 0 Å². The Labute approximate surface area is 172 Å². The molecular formula is C23H20N2O5. The first-order valence-electron chi connectivity index (χ1n) is 9.91. The molecule has 30 heavy (non-hydrogen) atoms. The van der Waals surface area contributed by atoms with Crippen LogP contribution in [-0.2, 0) is 4.74 Å². The van der Waals surface area contributed by atoms with Crippen molar-refractivity contribution in [2.45, 2.75) is 18.3 Å². The highest BCUT2D eigenvalue weighted by Crippen LogP contribution is 2.44. The Kier molecular flexibility index (Phi) is 4.50. The number of ether oxygens (including phenoxy) is 1. The minimum absolute atomic E-state index is 0.00824. The van der Waals surface area contributed by atoms with Crippen molar-refractivity contribution in [2.75, 3.05) is 19.7 Å². The summed E-state index contributed by atoms with van der Waals surface area (Å²) in [6.45, 7) is 1.12. The van der Waals surface area contributed by atoms with Crippen molar-refractivity contribution >= 4 is 12.1 Å². The number of carbonyl (C=O) groups is 2. The van der Waals surface area contributed by atoms with E-state index in [0.717, 1.165) is 6.26 Å². The van der Waals surface area contributed by atoms with Gasteiger partial charge in [-0.2, -0.15) is 0 Å². The summed E-state index contributed by atoms with van der Waals surface area (Å²) in [5, 5.41) is 13.1. The second-order valence-corrected chi connectivity index (χ2v) is 7.65. The molecule has 7 nitrogen and oxygen atoms in total. The molecule has 0 saturated carbocycles. The maximum atomic E-state index is 12.7.